The molecule has 0 aliphatic carbocycles. The molecule has 104 valence electrons. The normalized spacial score (nSPS) is 19.1. The summed E-state index contributed by atoms with van der Waals surface area (Å²) in [5, 5.41) is 3.56. The van der Waals surface area contributed by atoms with Crippen molar-refractivity contribution >= 4 is 21.6 Å². The Hall–Kier alpha value is -1.39. The molecule has 1 aliphatic heterocycles. The summed E-state index contributed by atoms with van der Waals surface area (Å²) in [6.45, 7) is 3.28. The van der Waals surface area contributed by atoms with E-state index in [-0.39, 0.29) is 0 Å². The molecule has 0 bridgehead atoms. The van der Waals surface area contributed by atoms with Gasteiger partial charge in [0.25, 0.3) is 0 Å². The lowest BCUT2D eigenvalue weighted by Gasteiger charge is -2.17. The second-order valence-corrected chi connectivity index (χ2v) is 6.03. The van der Waals surface area contributed by atoms with E-state index < -0.39 is 0 Å². The van der Waals surface area contributed by atoms with E-state index in [2.05, 4.69) is 67.5 Å². The molecule has 1 atom stereocenters. The first-order valence-corrected chi connectivity index (χ1v) is 7.73. The van der Waals surface area contributed by atoms with Crippen LogP contribution in [-0.2, 0) is 6.54 Å². The standard InChI is InChI=1S/C16H18BrN3/c17-16-7-6-14(10-18-16)19-15-8-9-20(12-15)11-13-4-2-1-3-5-13/h1-7,10,15,19H,8-9,11-12H2. The van der Waals surface area contributed by atoms with E-state index in [9.17, 15) is 0 Å². The molecule has 2 aromatic rings. The highest BCUT2D eigenvalue weighted by molar-refractivity contribution is 9.10. The van der Waals surface area contributed by atoms with Crippen LogP contribution >= 0.6 is 15.9 Å². The molecule has 4 heteroatoms. The van der Waals surface area contributed by atoms with Crippen molar-refractivity contribution in [3.8, 4) is 0 Å². The number of aromatic nitrogens is 1. The molecule has 1 saturated heterocycles. The van der Waals surface area contributed by atoms with Crippen molar-refractivity contribution in [2.24, 2.45) is 0 Å². The van der Waals surface area contributed by atoms with E-state index in [1.54, 1.807) is 0 Å². The summed E-state index contributed by atoms with van der Waals surface area (Å²) < 4.78 is 0.875. The largest absolute Gasteiger partial charge is 0.380 e. The van der Waals surface area contributed by atoms with Crippen LogP contribution in [0.3, 0.4) is 0 Å². The van der Waals surface area contributed by atoms with Crippen molar-refractivity contribution in [3.63, 3.8) is 0 Å². The number of pyridine rings is 1. The maximum absolute atomic E-state index is 4.25. The maximum atomic E-state index is 4.25. The zero-order valence-corrected chi connectivity index (χ0v) is 12.9. The van der Waals surface area contributed by atoms with Gasteiger partial charge in [0.2, 0.25) is 0 Å². The van der Waals surface area contributed by atoms with Gasteiger partial charge < -0.3 is 5.32 Å². The van der Waals surface area contributed by atoms with Gasteiger partial charge in [0, 0.05) is 25.7 Å². The Morgan fingerprint density at radius 1 is 1.20 bits per heavy atom. The lowest BCUT2D eigenvalue weighted by atomic mass is 10.2. The predicted octanol–water partition coefficient (Wildman–Crippen LogP) is 3.53. The molecule has 0 spiro atoms. The van der Waals surface area contributed by atoms with Crippen molar-refractivity contribution in [1.29, 1.82) is 0 Å². The third-order valence-corrected chi connectivity index (χ3v) is 4.09. The number of likely N-dealkylation sites (tertiary alicyclic amines) is 1. The van der Waals surface area contributed by atoms with Crippen LogP contribution in [0, 0.1) is 0 Å². The van der Waals surface area contributed by atoms with Crippen molar-refractivity contribution < 1.29 is 0 Å². The van der Waals surface area contributed by atoms with E-state index in [1.807, 2.05) is 12.3 Å². The number of halogens is 1. The zero-order valence-electron chi connectivity index (χ0n) is 11.3. The summed E-state index contributed by atoms with van der Waals surface area (Å²) in [4.78, 5) is 6.75. The molecule has 0 amide bonds. The number of nitrogens with one attached hydrogen (secondary N) is 1. The summed E-state index contributed by atoms with van der Waals surface area (Å²) in [7, 11) is 0. The van der Waals surface area contributed by atoms with Gasteiger partial charge in [-0.25, -0.2) is 4.98 Å². The number of hydrogen-bond acceptors (Lipinski definition) is 3. The Morgan fingerprint density at radius 2 is 2.05 bits per heavy atom. The Balaban J connectivity index is 1.53. The third-order valence-electron chi connectivity index (χ3n) is 3.62. The lowest BCUT2D eigenvalue weighted by molar-refractivity contribution is 0.328. The minimum absolute atomic E-state index is 0.515. The highest BCUT2D eigenvalue weighted by Gasteiger charge is 2.22. The van der Waals surface area contributed by atoms with E-state index in [0.29, 0.717) is 6.04 Å². The fourth-order valence-corrected chi connectivity index (χ4v) is 2.87. The van der Waals surface area contributed by atoms with Gasteiger partial charge in [-0.1, -0.05) is 30.3 Å². The van der Waals surface area contributed by atoms with Crippen molar-refractivity contribution in [3.05, 3.63) is 58.8 Å². The van der Waals surface area contributed by atoms with Crippen LogP contribution in [0.4, 0.5) is 5.69 Å². The molecule has 2 heterocycles. The van der Waals surface area contributed by atoms with E-state index in [1.165, 1.54) is 12.0 Å². The maximum Gasteiger partial charge on any atom is 0.106 e. The van der Waals surface area contributed by atoms with Gasteiger partial charge in [-0.2, -0.15) is 0 Å². The first-order valence-electron chi connectivity index (χ1n) is 6.94. The van der Waals surface area contributed by atoms with E-state index >= 15 is 0 Å². The average Bonchev–Trinajstić information content (AvgIpc) is 2.90. The molecule has 1 aromatic heterocycles. The first-order chi connectivity index (χ1) is 9.79. The predicted molar refractivity (Wildman–Crippen MR) is 85.7 cm³/mol. The van der Waals surface area contributed by atoms with Crippen LogP contribution in [0.1, 0.15) is 12.0 Å². The molecule has 1 unspecified atom stereocenters. The minimum atomic E-state index is 0.515. The van der Waals surface area contributed by atoms with Crippen molar-refractivity contribution in [1.82, 2.24) is 9.88 Å². The second kappa shape index (κ2) is 6.37. The quantitative estimate of drug-likeness (QED) is 0.868. The van der Waals surface area contributed by atoms with Crippen LogP contribution in [0.2, 0.25) is 0 Å². The number of anilines is 1. The molecular formula is C16H18BrN3. The summed E-state index contributed by atoms with van der Waals surface area (Å²) in [5.74, 6) is 0. The van der Waals surface area contributed by atoms with Crippen LogP contribution in [0.25, 0.3) is 0 Å². The molecule has 0 radical (unpaired) electrons. The highest BCUT2D eigenvalue weighted by atomic mass is 79.9. The van der Waals surface area contributed by atoms with Gasteiger partial charge in [-0.05, 0) is 40.0 Å². The van der Waals surface area contributed by atoms with Gasteiger partial charge in [-0.3, -0.25) is 4.90 Å². The Labute approximate surface area is 128 Å². The van der Waals surface area contributed by atoms with Gasteiger partial charge in [0.15, 0.2) is 0 Å². The number of nitrogens with zero attached hydrogens (tertiary/aromatic N) is 2. The Morgan fingerprint density at radius 3 is 2.80 bits per heavy atom. The molecule has 1 fully saturated rings. The topological polar surface area (TPSA) is 28.2 Å². The van der Waals surface area contributed by atoms with E-state index in [0.717, 1.165) is 29.9 Å². The average molecular weight is 332 g/mol. The summed E-state index contributed by atoms with van der Waals surface area (Å²) >= 11 is 3.36. The Kier molecular flexibility index (Phi) is 4.33. The molecule has 0 saturated carbocycles. The Bertz CT molecular complexity index is 541. The third kappa shape index (κ3) is 3.58. The van der Waals surface area contributed by atoms with Gasteiger partial charge >= 0.3 is 0 Å². The SMILES string of the molecule is Brc1ccc(NC2CCN(Cc3ccccc3)C2)cn1. The lowest BCUT2D eigenvalue weighted by Crippen LogP contribution is -2.25. The minimum Gasteiger partial charge on any atom is -0.380 e. The fraction of sp³-hybridized carbons (Fsp3) is 0.312. The van der Waals surface area contributed by atoms with Crippen LogP contribution in [0.15, 0.2) is 53.3 Å². The van der Waals surface area contributed by atoms with E-state index in [4.69, 9.17) is 0 Å². The highest BCUT2D eigenvalue weighted by Crippen LogP contribution is 2.18. The molecule has 1 aliphatic rings. The summed E-state index contributed by atoms with van der Waals surface area (Å²) in [6, 6.07) is 15.2. The van der Waals surface area contributed by atoms with Crippen LogP contribution in [-0.4, -0.2) is 29.0 Å². The van der Waals surface area contributed by atoms with Crippen LogP contribution < -0.4 is 5.32 Å². The van der Waals surface area contributed by atoms with Crippen LogP contribution in [0.5, 0.6) is 0 Å². The van der Waals surface area contributed by atoms with Crippen molar-refractivity contribution in [2.45, 2.75) is 19.0 Å². The molecule has 3 rings (SSSR count). The molecule has 20 heavy (non-hydrogen) atoms. The first kappa shape index (κ1) is 13.6. The number of rotatable bonds is 4. The summed E-state index contributed by atoms with van der Waals surface area (Å²) in [6.07, 6.45) is 3.06. The van der Waals surface area contributed by atoms with Crippen molar-refractivity contribution in [2.75, 3.05) is 18.4 Å². The van der Waals surface area contributed by atoms with Gasteiger partial charge in [0.1, 0.15) is 4.60 Å². The smallest absolute Gasteiger partial charge is 0.106 e. The molecule has 1 aromatic carbocycles. The molecular weight excluding hydrogens is 314 g/mol. The van der Waals surface area contributed by atoms with Gasteiger partial charge in [0.05, 0.1) is 11.9 Å². The summed E-state index contributed by atoms with van der Waals surface area (Å²) in [5.41, 5.74) is 2.48. The number of hydrogen-bond donors (Lipinski definition) is 1. The fourth-order valence-electron chi connectivity index (χ4n) is 2.63. The second-order valence-electron chi connectivity index (χ2n) is 5.22. The number of benzene rings is 1. The molecule has 3 nitrogen and oxygen atoms in total. The zero-order chi connectivity index (χ0) is 13.8. The van der Waals surface area contributed by atoms with Gasteiger partial charge in [-0.15, -0.1) is 0 Å². The molecule has 1 N–H and O–H groups in total. The monoisotopic (exact) mass is 331 g/mol.